The maximum absolute atomic E-state index is 11.2. The van der Waals surface area contributed by atoms with Crippen molar-refractivity contribution < 1.29 is 4.79 Å². The van der Waals surface area contributed by atoms with E-state index in [9.17, 15) is 4.79 Å². The van der Waals surface area contributed by atoms with Gasteiger partial charge in [0.25, 0.3) is 0 Å². The standard InChI is InChI=1S/C27H27N7O/c1-2-17(9-6-10-23(28)35)27-33-24(25-26(29)30-13-14-34(25)27)19-11-12-20-21(15-19)32-22(16-31-20)18-7-4-3-5-8-18/h3-5,7-8,11-17H,2,6,9-10H2,1H3,(H2,28,35)(H2,29,30). The monoisotopic (exact) mass is 465 g/mol. The zero-order valence-corrected chi connectivity index (χ0v) is 19.6. The molecule has 5 rings (SSSR count). The smallest absolute Gasteiger partial charge is 0.217 e. The van der Waals surface area contributed by atoms with Gasteiger partial charge < -0.3 is 11.5 Å². The number of imidazole rings is 1. The molecule has 0 bridgehead atoms. The number of nitrogens with zero attached hydrogens (tertiary/aromatic N) is 5. The van der Waals surface area contributed by atoms with Crippen molar-refractivity contribution in [3.8, 4) is 22.5 Å². The first-order valence-corrected chi connectivity index (χ1v) is 11.8. The van der Waals surface area contributed by atoms with Gasteiger partial charge in [-0.05, 0) is 31.4 Å². The van der Waals surface area contributed by atoms with Crippen LogP contribution in [-0.4, -0.2) is 30.2 Å². The lowest BCUT2D eigenvalue weighted by atomic mass is 9.98. The van der Waals surface area contributed by atoms with Crippen molar-refractivity contribution >= 4 is 28.3 Å². The molecule has 0 aliphatic heterocycles. The summed E-state index contributed by atoms with van der Waals surface area (Å²) in [5.74, 6) is 1.19. The Hall–Kier alpha value is -4.33. The third-order valence-corrected chi connectivity index (χ3v) is 6.33. The fourth-order valence-electron chi connectivity index (χ4n) is 4.52. The van der Waals surface area contributed by atoms with Crippen LogP contribution in [0.2, 0.25) is 0 Å². The highest BCUT2D eigenvalue weighted by Crippen LogP contribution is 2.34. The second-order valence-electron chi connectivity index (χ2n) is 8.64. The van der Waals surface area contributed by atoms with Gasteiger partial charge in [0, 0.05) is 35.9 Å². The van der Waals surface area contributed by atoms with Gasteiger partial charge in [0.1, 0.15) is 22.9 Å². The first kappa shape index (κ1) is 22.5. The molecule has 176 valence electrons. The summed E-state index contributed by atoms with van der Waals surface area (Å²) in [6.45, 7) is 2.12. The molecule has 0 saturated heterocycles. The Bertz CT molecular complexity index is 1510. The summed E-state index contributed by atoms with van der Waals surface area (Å²) in [5.41, 5.74) is 17.5. The summed E-state index contributed by atoms with van der Waals surface area (Å²) >= 11 is 0. The molecule has 8 nitrogen and oxygen atoms in total. The minimum atomic E-state index is -0.283. The first-order valence-electron chi connectivity index (χ1n) is 11.8. The van der Waals surface area contributed by atoms with Crippen molar-refractivity contribution in [1.82, 2.24) is 24.3 Å². The van der Waals surface area contributed by atoms with E-state index in [1.165, 1.54) is 0 Å². The van der Waals surface area contributed by atoms with Crippen LogP contribution in [0.3, 0.4) is 0 Å². The van der Waals surface area contributed by atoms with E-state index in [0.717, 1.165) is 57.7 Å². The molecule has 5 aromatic rings. The molecule has 35 heavy (non-hydrogen) atoms. The van der Waals surface area contributed by atoms with Gasteiger partial charge in [-0.15, -0.1) is 0 Å². The van der Waals surface area contributed by atoms with Gasteiger partial charge in [-0.25, -0.2) is 15.0 Å². The quantitative estimate of drug-likeness (QED) is 0.341. The van der Waals surface area contributed by atoms with Gasteiger partial charge >= 0.3 is 0 Å². The number of hydrogen-bond donors (Lipinski definition) is 2. The second-order valence-corrected chi connectivity index (χ2v) is 8.64. The largest absolute Gasteiger partial charge is 0.382 e. The first-order chi connectivity index (χ1) is 17.0. The highest BCUT2D eigenvalue weighted by Gasteiger charge is 2.22. The summed E-state index contributed by atoms with van der Waals surface area (Å²) in [5, 5.41) is 0. The Kier molecular flexibility index (Phi) is 6.10. The average Bonchev–Trinajstić information content (AvgIpc) is 3.27. The van der Waals surface area contributed by atoms with E-state index in [2.05, 4.69) is 16.9 Å². The minimum absolute atomic E-state index is 0.155. The van der Waals surface area contributed by atoms with E-state index in [1.807, 2.05) is 59.1 Å². The number of anilines is 1. The normalized spacial score (nSPS) is 12.3. The molecule has 8 heteroatoms. The Labute approximate surface area is 203 Å². The molecule has 1 amide bonds. The second kappa shape index (κ2) is 9.50. The molecule has 4 N–H and O–H groups in total. The van der Waals surface area contributed by atoms with E-state index in [1.54, 1.807) is 12.4 Å². The predicted octanol–water partition coefficient (Wildman–Crippen LogP) is 4.74. The van der Waals surface area contributed by atoms with Crippen LogP contribution < -0.4 is 11.5 Å². The van der Waals surface area contributed by atoms with E-state index in [0.29, 0.717) is 18.7 Å². The van der Waals surface area contributed by atoms with Crippen molar-refractivity contribution in [1.29, 1.82) is 0 Å². The van der Waals surface area contributed by atoms with Crippen LogP contribution in [0.4, 0.5) is 5.82 Å². The number of primary amides is 1. The molecule has 0 fully saturated rings. The summed E-state index contributed by atoms with van der Waals surface area (Å²) in [4.78, 5) is 30.1. The van der Waals surface area contributed by atoms with Crippen molar-refractivity contribution in [3.63, 3.8) is 0 Å². The molecule has 2 aromatic carbocycles. The number of fused-ring (bicyclic) bond motifs is 2. The van der Waals surface area contributed by atoms with Gasteiger partial charge in [0.15, 0.2) is 0 Å². The molecule has 0 saturated carbocycles. The third-order valence-electron chi connectivity index (χ3n) is 6.33. The van der Waals surface area contributed by atoms with Crippen molar-refractivity contribution in [2.24, 2.45) is 5.73 Å². The SMILES string of the molecule is CCC(CCCC(N)=O)c1nc(-c2ccc3ncc(-c4ccccc4)nc3c2)c2c(N)nccn12. The fraction of sp³-hybridized carbons (Fsp3) is 0.222. The van der Waals surface area contributed by atoms with Gasteiger partial charge in [0.2, 0.25) is 5.91 Å². The van der Waals surface area contributed by atoms with Crippen LogP contribution >= 0.6 is 0 Å². The Morgan fingerprint density at radius 1 is 1.03 bits per heavy atom. The number of aromatic nitrogens is 5. The molecular weight excluding hydrogens is 438 g/mol. The van der Waals surface area contributed by atoms with Crippen LogP contribution in [0.15, 0.2) is 67.1 Å². The number of nitrogen functional groups attached to an aromatic ring is 1. The summed E-state index contributed by atoms with van der Waals surface area (Å²) in [6, 6.07) is 15.9. The van der Waals surface area contributed by atoms with Crippen molar-refractivity contribution in [2.75, 3.05) is 5.73 Å². The van der Waals surface area contributed by atoms with Gasteiger partial charge in [-0.2, -0.15) is 0 Å². The van der Waals surface area contributed by atoms with Gasteiger partial charge in [-0.1, -0.05) is 43.3 Å². The topological polar surface area (TPSA) is 125 Å². The predicted molar refractivity (Wildman–Crippen MR) is 137 cm³/mol. The van der Waals surface area contributed by atoms with Crippen LogP contribution in [0.25, 0.3) is 39.1 Å². The molecule has 0 radical (unpaired) electrons. The lowest BCUT2D eigenvalue weighted by Crippen LogP contribution is -2.11. The Morgan fingerprint density at radius 3 is 2.63 bits per heavy atom. The Morgan fingerprint density at radius 2 is 1.86 bits per heavy atom. The van der Waals surface area contributed by atoms with E-state index in [4.69, 9.17) is 21.4 Å². The number of hydrogen-bond acceptors (Lipinski definition) is 6. The van der Waals surface area contributed by atoms with Gasteiger partial charge in [0.05, 0.1) is 22.9 Å². The number of rotatable bonds is 8. The number of benzene rings is 2. The molecule has 1 atom stereocenters. The summed E-state index contributed by atoms with van der Waals surface area (Å²) in [6.07, 6.45) is 8.14. The van der Waals surface area contributed by atoms with Crippen LogP contribution in [0, 0.1) is 0 Å². The van der Waals surface area contributed by atoms with Crippen LogP contribution in [-0.2, 0) is 4.79 Å². The number of amides is 1. The fourth-order valence-corrected chi connectivity index (χ4v) is 4.52. The lowest BCUT2D eigenvalue weighted by Gasteiger charge is -2.13. The van der Waals surface area contributed by atoms with Crippen LogP contribution in [0.1, 0.15) is 44.3 Å². The Balaban J connectivity index is 1.60. The molecule has 3 heterocycles. The van der Waals surface area contributed by atoms with Crippen molar-refractivity contribution in [2.45, 2.75) is 38.5 Å². The molecule has 3 aromatic heterocycles. The zero-order valence-electron chi connectivity index (χ0n) is 19.6. The maximum Gasteiger partial charge on any atom is 0.217 e. The molecule has 0 aliphatic rings. The molecular formula is C27H27N7O. The number of nitrogens with two attached hydrogens (primary N) is 2. The van der Waals surface area contributed by atoms with Crippen molar-refractivity contribution in [3.05, 3.63) is 72.9 Å². The molecule has 0 aliphatic carbocycles. The van der Waals surface area contributed by atoms with Crippen LogP contribution in [0.5, 0.6) is 0 Å². The maximum atomic E-state index is 11.2. The average molecular weight is 466 g/mol. The zero-order chi connectivity index (χ0) is 24.4. The molecule has 1 unspecified atom stereocenters. The number of carbonyl (C=O) groups excluding carboxylic acids is 1. The van der Waals surface area contributed by atoms with E-state index < -0.39 is 0 Å². The highest BCUT2D eigenvalue weighted by molar-refractivity contribution is 5.90. The number of carbonyl (C=O) groups is 1. The van der Waals surface area contributed by atoms with Gasteiger partial charge in [-0.3, -0.25) is 14.2 Å². The third kappa shape index (κ3) is 4.42. The van der Waals surface area contributed by atoms with E-state index in [-0.39, 0.29) is 11.8 Å². The lowest BCUT2D eigenvalue weighted by molar-refractivity contribution is -0.118. The minimum Gasteiger partial charge on any atom is -0.382 e. The summed E-state index contributed by atoms with van der Waals surface area (Å²) in [7, 11) is 0. The molecule has 0 spiro atoms. The highest BCUT2D eigenvalue weighted by atomic mass is 16.1. The summed E-state index contributed by atoms with van der Waals surface area (Å²) < 4.78 is 2.02. The van der Waals surface area contributed by atoms with E-state index >= 15 is 0 Å².